The molecule has 20 heavy (non-hydrogen) atoms. The lowest BCUT2D eigenvalue weighted by Gasteiger charge is -2.09. The molecule has 1 aromatic carbocycles. The van der Waals surface area contributed by atoms with E-state index in [9.17, 15) is 18.0 Å². The molecule has 1 amide bonds. The molecule has 0 aliphatic rings. The number of nitrogens with zero attached hydrogens (tertiary/aromatic N) is 1. The third kappa shape index (κ3) is 3.81. The molecule has 0 aliphatic heterocycles. The topological polar surface area (TPSA) is 42.0 Å². The SMILES string of the molecule is O=C(Cc1cccc(C(F)(F)F)c1)Nc1ccccn1. The van der Waals surface area contributed by atoms with E-state index in [1.807, 2.05) is 0 Å². The normalized spacial score (nSPS) is 11.2. The maximum atomic E-state index is 12.5. The summed E-state index contributed by atoms with van der Waals surface area (Å²) in [5.74, 6) is -0.0486. The van der Waals surface area contributed by atoms with Crippen LogP contribution in [0.15, 0.2) is 48.7 Å². The fourth-order valence-corrected chi connectivity index (χ4v) is 1.67. The Morgan fingerprint density at radius 2 is 1.95 bits per heavy atom. The quantitative estimate of drug-likeness (QED) is 0.937. The predicted molar refractivity (Wildman–Crippen MR) is 68.0 cm³/mol. The van der Waals surface area contributed by atoms with Gasteiger partial charge in [-0.1, -0.05) is 24.3 Å². The van der Waals surface area contributed by atoms with Crippen molar-refractivity contribution in [3.8, 4) is 0 Å². The van der Waals surface area contributed by atoms with Gasteiger partial charge in [-0.05, 0) is 23.8 Å². The van der Waals surface area contributed by atoms with Crippen LogP contribution in [-0.2, 0) is 17.4 Å². The minimum atomic E-state index is -4.41. The molecular weight excluding hydrogens is 269 g/mol. The van der Waals surface area contributed by atoms with Crippen LogP contribution in [-0.4, -0.2) is 10.9 Å². The first-order valence-electron chi connectivity index (χ1n) is 5.82. The lowest BCUT2D eigenvalue weighted by molar-refractivity contribution is -0.137. The molecule has 6 heteroatoms. The summed E-state index contributed by atoms with van der Waals surface area (Å²) < 4.78 is 37.6. The van der Waals surface area contributed by atoms with Gasteiger partial charge in [0.15, 0.2) is 0 Å². The smallest absolute Gasteiger partial charge is 0.310 e. The predicted octanol–water partition coefficient (Wildman–Crippen LogP) is 3.28. The van der Waals surface area contributed by atoms with E-state index in [1.165, 1.54) is 18.3 Å². The molecule has 3 nitrogen and oxygen atoms in total. The van der Waals surface area contributed by atoms with Crippen molar-refractivity contribution in [1.82, 2.24) is 4.98 Å². The maximum absolute atomic E-state index is 12.5. The minimum absolute atomic E-state index is 0.138. The molecule has 0 atom stereocenters. The molecule has 2 aromatic rings. The lowest BCUT2D eigenvalue weighted by atomic mass is 10.1. The molecule has 0 saturated carbocycles. The Hall–Kier alpha value is -2.37. The molecule has 1 aromatic heterocycles. The van der Waals surface area contributed by atoms with Crippen LogP contribution in [0, 0.1) is 0 Å². The molecule has 0 fully saturated rings. The average molecular weight is 280 g/mol. The highest BCUT2D eigenvalue weighted by atomic mass is 19.4. The standard InChI is InChI=1S/C14H11F3N2O/c15-14(16,17)11-5-3-4-10(8-11)9-13(20)19-12-6-1-2-7-18-12/h1-8H,9H2,(H,18,19,20). The number of pyridine rings is 1. The number of benzene rings is 1. The van der Waals surface area contributed by atoms with E-state index in [4.69, 9.17) is 0 Å². The van der Waals surface area contributed by atoms with Gasteiger partial charge in [0, 0.05) is 6.20 Å². The number of nitrogens with one attached hydrogen (secondary N) is 1. The highest BCUT2D eigenvalue weighted by Crippen LogP contribution is 2.29. The molecule has 0 unspecified atom stereocenters. The molecule has 0 spiro atoms. The largest absolute Gasteiger partial charge is 0.416 e. The van der Waals surface area contributed by atoms with Crippen molar-refractivity contribution in [2.45, 2.75) is 12.6 Å². The first-order chi connectivity index (χ1) is 9.45. The Kier molecular flexibility index (Phi) is 4.02. The van der Waals surface area contributed by atoms with Crippen molar-refractivity contribution in [2.24, 2.45) is 0 Å². The Bertz CT molecular complexity index is 597. The van der Waals surface area contributed by atoms with E-state index in [0.29, 0.717) is 11.4 Å². The van der Waals surface area contributed by atoms with E-state index in [1.54, 1.807) is 18.2 Å². The number of anilines is 1. The summed E-state index contributed by atoms with van der Waals surface area (Å²) in [6.07, 6.45) is -3.03. The lowest BCUT2D eigenvalue weighted by Crippen LogP contribution is -2.15. The zero-order valence-electron chi connectivity index (χ0n) is 10.3. The third-order valence-electron chi connectivity index (χ3n) is 2.55. The summed E-state index contributed by atoms with van der Waals surface area (Å²) in [7, 11) is 0. The first-order valence-corrected chi connectivity index (χ1v) is 5.82. The number of rotatable bonds is 3. The zero-order valence-corrected chi connectivity index (χ0v) is 10.3. The van der Waals surface area contributed by atoms with Crippen LogP contribution in [0.3, 0.4) is 0 Å². The van der Waals surface area contributed by atoms with Crippen LogP contribution in [0.4, 0.5) is 19.0 Å². The molecule has 1 N–H and O–H groups in total. The van der Waals surface area contributed by atoms with Crippen molar-refractivity contribution in [3.63, 3.8) is 0 Å². The van der Waals surface area contributed by atoms with Gasteiger partial charge < -0.3 is 5.32 Å². The molecule has 104 valence electrons. The molecule has 0 radical (unpaired) electrons. The average Bonchev–Trinajstić information content (AvgIpc) is 2.39. The summed E-state index contributed by atoms with van der Waals surface area (Å²) >= 11 is 0. The molecule has 0 aliphatic carbocycles. The number of amides is 1. The number of carbonyl (C=O) groups excluding carboxylic acids is 1. The van der Waals surface area contributed by atoms with Gasteiger partial charge in [-0.15, -0.1) is 0 Å². The highest BCUT2D eigenvalue weighted by Gasteiger charge is 2.30. The van der Waals surface area contributed by atoms with Crippen LogP contribution in [0.1, 0.15) is 11.1 Å². The van der Waals surface area contributed by atoms with Crippen molar-refractivity contribution in [1.29, 1.82) is 0 Å². The third-order valence-corrected chi connectivity index (χ3v) is 2.55. The zero-order chi connectivity index (χ0) is 14.6. The van der Waals surface area contributed by atoms with Gasteiger partial charge in [-0.3, -0.25) is 4.79 Å². The molecule has 2 rings (SSSR count). The van der Waals surface area contributed by atoms with Crippen LogP contribution in [0.2, 0.25) is 0 Å². The number of hydrogen-bond acceptors (Lipinski definition) is 2. The highest BCUT2D eigenvalue weighted by molar-refractivity contribution is 5.91. The first kappa shape index (κ1) is 14.0. The van der Waals surface area contributed by atoms with E-state index >= 15 is 0 Å². The van der Waals surface area contributed by atoms with Gasteiger partial charge >= 0.3 is 6.18 Å². The van der Waals surface area contributed by atoms with Gasteiger partial charge in [0.25, 0.3) is 0 Å². The number of halogens is 3. The van der Waals surface area contributed by atoms with Gasteiger partial charge in [0.05, 0.1) is 12.0 Å². The Morgan fingerprint density at radius 1 is 1.15 bits per heavy atom. The summed E-state index contributed by atoms with van der Waals surface area (Å²) in [5.41, 5.74) is -0.464. The van der Waals surface area contributed by atoms with Crippen molar-refractivity contribution in [3.05, 3.63) is 59.8 Å². The van der Waals surface area contributed by atoms with Gasteiger partial charge in [-0.25, -0.2) is 4.98 Å². The van der Waals surface area contributed by atoms with E-state index < -0.39 is 17.6 Å². The molecule has 0 bridgehead atoms. The monoisotopic (exact) mass is 280 g/mol. The maximum Gasteiger partial charge on any atom is 0.416 e. The fraction of sp³-hybridized carbons (Fsp3) is 0.143. The Balaban J connectivity index is 2.05. The summed E-state index contributed by atoms with van der Waals surface area (Å²) in [4.78, 5) is 15.6. The van der Waals surface area contributed by atoms with Crippen molar-refractivity contribution < 1.29 is 18.0 Å². The second kappa shape index (κ2) is 5.73. The van der Waals surface area contributed by atoms with Crippen molar-refractivity contribution in [2.75, 3.05) is 5.32 Å². The Labute approximate surface area is 113 Å². The number of aromatic nitrogens is 1. The molecule has 0 saturated heterocycles. The second-order valence-electron chi connectivity index (χ2n) is 4.14. The molecule has 1 heterocycles. The van der Waals surface area contributed by atoms with E-state index in [2.05, 4.69) is 10.3 Å². The summed E-state index contributed by atoms with van der Waals surface area (Å²) in [5, 5.41) is 2.52. The summed E-state index contributed by atoms with van der Waals surface area (Å²) in [6.45, 7) is 0. The van der Waals surface area contributed by atoms with Crippen molar-refractivity contribution >= 4 is 11.7 Å². The van der Waals surface area contributed by atoms with Gasteiger partial charge in [0.1, 0.15) is 5.82 Å². The second-order valence-corrected chi connectivity index (χ2v) is 4.14. The van der Waals surface area contributed by atoms with E-state index in [-0.39, 0.29) is 6.42 Å². The van der Waals surface area contributed by atoms with Gasteiger partial charge in [-0.2, -0.15) is 13.2 Å². The van der Waals surface area contributed by atoms with Crippen LogP contribution < -0.4 is 5.32 Å². The van der Waals surface area contributed by atoms with Crippen LogP contribution in [0.5, 0.6) is 0 Å². The number of alkyl halides is 3. The fourth-order valence-electron chi connectivity index (χ4n) is 1.67. The van der Waals surface area contributed by atoms with Gasteiger partial charge in [0.2, 0.25) is 5.91 Å². The Morgan fingerprint density at radius 3 is 2.60 bits per heavy atom. The molecular formula is C14H11F3N2O. The number of carbonyl (C=O) groups is 1. The van der Waals surface area contributed by atoms with E-state index in [0.717, 1.165) is 12.1 Å². The van der Waals surface area contributed by atoms with Crippen LogP contribution in [0.25, 0.3) is 0 Å². The minimum Gasteiger partial charge on any atom is -0.310 e. The van der Waals surface area contributed by atoms with Crippen LogP contribution >= 0.6 is 0 Å². The number of hydrogen-bond donors (Lipinski definition) is 1. The summed E-state index contributed by atoms with van der Waals surface area (Å²) in [6, 6.07) is 9.71.